The molecule has 7 heteroatoms. The fourth-order valence-electron chi connectivity index (χ4n) is 3.41. The van der Waals surface area contributed by atoms with Crippen molar-refractivity contribution in [3.8, 4) is 0 Å². The van der Waals surface area contributed by atoms with Crippen molar-refractivity contribution in [2.75, 3.05) is 6.54 Å². The molecule has 3 aromatic heterocycles. The lowest BCUT2D eigenvalue weighted by Gasteiger charge is -2.24. The van der Waals surface area contributed by atoms with Crippen molar-refractivity contribution < 1.29 is 4.79 Å². The zero-order valence-corrected chi connectivity index (χ0v) is 13.4. The number of carbonyl (C=O) groups excluding carboxylic acids is 1. The minimum atomic E-state index is -0.392. The van der Waals surface area contributed by atoms with Gasteiger partial charge in [-0.3, -0.25) is 9.48 Å². The maximum Gasteiger partial charge on any atom is 0.252 e. The molecule has 124 valence electrons. The summed E-state index contributed by atoms with van der Waals surface area (Å²) < 4.78 is 3.79. The minimum absolute atomic E-state index is 0.392. The van der Waals surface area contributed by atoms with E-state index in [-0.39, 0.29) is 0 Å². The SMILES string of the molecule is NC(=O)c1cnn2c1CC(CNCc1cnn3ccccc13)CC2. The van der Waals surface area contributed by atoms with E-state index in [0.29, 0.717) is 11.5 Å². The van der Waals surface area contributed by atoms with Gasteiger partial charge in [-0.25, -0.2) is 4.52 Å². The molecule has 1 amide bonds. The zero-order valence-electron chi connectivity index (χ0n) is 13.4. The molecular formula is C17H20N6O. The highest BCUT2D eigenvalue weighted by molar-refractivity contribution is 5.93. The Kier molecular flexibility index (Phi) is 3.78. The molecule has 0 aliphatic carbocycles. The zero-order chi connectivity index (χ0) is 16.5. The Morgan fingerprint density at radius 1 is 1.33 bits per heavy atom. The molecule has 7 nitrogen and oxygen atoms in total. The van der Waals surface area contributed by atoms with E-state index in [9.17, 15) is 4.79 Å². The largest absolute Gasteiger partial charge is 0.365 e. The van der Waals surface area contributed by atoms with Gasteiger partial charge in [-0.15, -0.1) is 0 Å². The maximum absolute atomic E-state index is 11.5. The van der Waals surface area contributed by atoms with Crippen LogP contribution in [0.25, 0.3) is 5.52 Å². The van der Waals surface area contributed by atoms with Gasteiger partial charge in [0.15, 0.2) is 0 Å². The molecular weight excluding hydrogens is 304 g/mol. The van der Waals surface area contributed by atoms with E-state index in [1.54, 1.807) is 6.20 Å². The molecule has 1 aliphatic heterocycles. The van der Waals surface area contributed by atoms with Crippen LogP contribution in [0.4, 0.5) is 0 Å². The Hall–Kier alpha value is -2.67. The van der Waals surface area contributed by atoms with Crippen molar-refractivity contribution in [1.82, 2.24) is 24.7 Å². The average Bonchev–Trinajstić information content (AvgIpc) is 3.19. The van der Waals surface area contributed by atoms with Crippen LogP contribution in [0.15, 0.2) is 36.8 Å². The Labute approximate surface area is 139 Å². The van der Waals surface area contributed by atoms with E-state index in [0.717, 1.165) is 43.7 Å². The molecule has 1 aliphatic rings. The van der Waals surface area contributed by atoms with Crippen LogP contribution in [-0.2, 0) is 19.5 Å². The lowest BCUT2D eigenvalue weighted by Crippen LogP contribution is -2.30. The van der Waals surface area contributed by atoms with Crippen molar-refractivity contribution in [3.63, 3.8) is 0 Å². The highest BCUT2D eigenvalue weighted by Gasteiger charge is 2.24. The summed E-state index contributed by atoms with van der Waals surface area (Å²) >= 11 is 0. The van der Waals surface area contributed by atoms with Crippen molar-refractivity contribution in [1.29, 1.82) is 0 Å². The van der Waals surface area contributed by atoms with Crippen molar-refractivity contribution in [3.05, 3.63) is 53.6 Å². The Bertz CT molecular complexity index is 880. The molecule has 0 spiro atoms. The highest BCUT2D eigenvalue weighted by Crippen LogP contribution is 2.22. The predicted octanol–water partition coefficient (Wildman–Crippen LogP) is 0.982. The van der Waals surface area contributed by atoms with Crippen LogP contribution < -0.4 is 11.1 Å². The minimum Gasteiger partial charge on any atom is -0.365 e. The summed E-state index contributed by atoms with van der Waals surface area (Å²) in [6.45, 7) is 2.52. The molecule has 0 aromatic carbocycles. The molecule has 1 unspecified atom stereocenters. The standard InChI is InChI=1S/C17H20N6O/c18-17(24)14-11-21-23-6-4-12(7-16(14)23)8-19-9-13-10-20-22-5-2-1-3-15(13)22/h1-3,5,10-12,19H,4,6-9H2,(H2,18,24). The van der Waals surface area contributed by atoms with E-state index < -0.39 is 5.91 Å². The summed E-state index contributed by atoms with van der Waals surface area (Å²) in [5.74, 6) is 0.0883. The molecule has 0 saturated heterocycles. The predicted molar refractivity (Wildman–Crippen MR) is 89.5 cm³/mol. The number of carbonyl (C=O) groups is 1. The van der Waals surface area contributed by atoms with Gasteiger partial charge in [0, 0.05) is 24.8 Å². The first kappa shape index (κ1) is 14.9. The van der Waals surface area contributed by atoms with Gasteiger partial charge in [0.1, 0.15) is 0 Å². The highest BCUT2D eigenvalue weighted by atomic mass is 16.1. The van der Waals surface area contributed by atoms with Crippen LogP contribution in [0, 0.1) is 5.92 Å². The quantitative estimate of drug-likeness (QED) is 0.732. The van der Waals surface area contributed by atoms with Crippen LogP contribution in [0.2, 0.25) is 0 Å². The number of pyridine rings is 1. The Balaban J connectivity index is 1.38. The normalized spacial score (nSPS) is 17.1. The number of nitrogens with zero attached hydrogens (tertiary/aromatic N) is 4. The number of aryl methyl sites for hydroxylation is 1. The summed E-state index contributed by atoms with van der Waals surface area (Å²) in [5, 5.41) is 12.1. The van der Waals surface area contributed by atoms with Gasteiger partial charge in [0.2, 0.25) is 0 Å². The van der Waals surface area contributed by atoms with Crippen molar-refractivity contribution in [2.24, 2.45) is 11.7 Å². The van der Waals surface area contributed by atoms with Gasteiger partial charge < -0.3 is 11.1 Å². The third kappa shape index (κ3) is 2.67. The number of fused-ring (bicyclic) bond motifs is 2. The van der Waals surface area contributed by atoms with Crippen molar-refractivity contribution in [2.45, 2.75) is 25.9 Å². The monoisotopic (exact) mass is 324 g/mol. The Morgan fingerprint density at radius 3 is 3.12 bits per heavy atom. The van der Waals surface area contributed by atoms with Gasteiger partial charge in [-0.05, 0) is 37.4 Å². The first-order chi connectivity index (χ1) is 11.7. The number of hydrogen-bond acceptors (Lipinski definition) is 4. The number of hydrogen-bond donors (Lipinski definition) is 2. The number of primary amides is 1. The number of nitrogens with one attached hydrogen (secondary N) is 1. The lowest BCUT2D eigenvalue weighted by molar-refractivity contribution is 0.0998. The van der Waals surface area contributed by atoms with Crippen LogP contribution in [0.3, 0.4) is 0 Å². The molecule has 24 heavy (non-hydrogen) atoms. The van der Waals surface area contributed by atoms with E-state index in [1.165, 1.54) is 5.56 Å². The van der Waals surface area contributed by atoms with Gasteiger partial charge in [-0.1, -0.05) is 6.07 Å². The number of nitrogens with two attached hydrogens (primary N) is 1. The fraction of sp³-hybridized carbons (Fsp3) is 0.353. The second-order valence-electron chi connectivity index (χ2n) is 6.28. The third-order valence-corrected chi connectivity index (χ3v) is 4.70. The second kappa shape index (κ2) is 6.09. The van der Waals surface area contributed by atoms with Gasteiger partial charge in [-0.2, -0.15) is 10.2 Å². The molecule has 0 fully saturated rings. The molecule has 1 atom stereocenters. The van der Waals surface area contributed by atoms with E-state index in [4.69, 9.17) is 5.73 Å². The summed E-state index contributed by atoms with van der Waals surface area (Å²) in [6.07, 6.45) is 7.33. The van der Waals surface area contributed by atoms with Gasteiger partial charge in [0.25, 0.3) is 5.91 Å². The average molecular weight is 324 g/mol. The topological polar surface area (TPSA) is 90.2 Å². The number of rotatable bonds is 5. The molecule has 4 rings (SSSR count). The summed E-state index contributed by atoms with van der Waals surface area (Å²) in [7, 11) is 0. The van der Waals surface area contributed by atoms with Gasteiger partial charge >= 0.3 is 0 Å². The first-order valence-electron chi connectivity index (χ1n) is 8.19. The summed E-state index contributed by atoms with van der Waals surface area (Å²) in [4.78, 5) is 11.5. The van der Waals surface area contributed by atoms with E-state index in [2.05, 4.69) is 21.6 Å². The van der Waals surface area contributed by atoms with E-state index in [1.807, 2.05) is 33.7 Å². The third-order valence-electron chi connectivity index (χ3n) is 4.70. The van der Waals surface area contributed by atoms with E-state index >= 15 is 0 Å². The molecule has 0 radical (unpaired) electrons. The van der Waals surface area contributed by atoms with Gasteiger partial charge in [0.05, 0.1) is 29.2 Å². The van der Waals surface area contributed by atoms with Crippen LogP contribution in [0.1, 0.15) is 28.0 Å². The first-order valence-corrected chi connectivity index (χ1v) is 8.19. The molecule has 3 aromatic rings. The molecule has 4 heterocycles. The smallest absolute Gasteiger partial charge is 0.252 e. The van der Waals surface area contributed by atoms with Crippen LogP contribution in [-0.4, -0.2) is 31.8 Å². The molecule has 3 N–H and O–H groups in total. The molecule has 0 saturated carbocycles. The van der Waals surface area contributed by atoms with Crippen molar-refractivity contribution >= 4 is 11.4 Å². The van der Waals surface area contributed by atoms with Crippen LogP contribution >= 0.6 is 0 Å². The summed E-state index contributed by atoms with van der Waals surface area (Å²) in [5.41, 5.74) is 9.27. The lowest BCUT2D eigenvalue weighted by atomic mass is 9.94. The summed E-state index contributed by atoms with van der Waals surface area (Å²) in [6, 6.07) is 6.06. The Morgan fingerprint density at radius 2 is 2.25 bits per heavy atom. The fourth-order valence-corrected chi connectivity index (χ4v) is 3.41. The number of aromatic nitrogens is 4. The second-order valence-corrected chi connectivity index (χ2v) is 6.28. The number of amides is 1. The van der Waals surface area contributed by atoms with Crippen LogP contribution in [0.5, 0.6) is 0 Å². The maximum atomic E-state index is 11.5. The molecule has 0 bridgehead atoms.